The first-order chi connectivity index (χ1) is 7.85. The van der Waals surface area contributed by atoms with Crippen LogP contribution in [0.15, 0.2) is 18.2 Å². The fourth-order valence-electron chi connectivity index (χ4n) is 1.17. The van der Waals surface area contributed by atoms with Crippen molar-refractivity contribution < 1.29 is 22.7 Å². The molecule has 0 aromatic heterocycles. The summed E-state index contributed by atoms with van der Waals surface area (Å²) in [5.41, 5.74) is -0.0475. The van der Waals surface area contributed by atoms with Crippen LogP contribution in [0.1, 0.15) is 16.8 Å². The molecule has 17 heavy (non-hydrogen) atoms. The van der Waals surface area contributed by atoms with Crippen molar-refractivity contribution in [2.75, 3.05) is 5.33 Å². The van der Waals surface area contributed by atoms with E-state index in [9.17, 15) is 18.0 Å². The Hall–Kier alpha value is -0.310. The SMILES string of the molecule is O=C(CCBr)c1cccc(I)c1OC(F)(F)F. The number of carbonyl (C=O) groups excluding carboxylic acids is 1. The maximum absolute atomic E-state index is 12.2. The van der Waals surface area contributed by atoms with E-state index in [-0.39, 0.29) is 21.3 Å². The number of ether oxygens (including phenoxy) is 1. The third-order valence-corrected chi connectivity index (χ3v) is 3.05. The number of hydrogen-bond acceptors (Lipinski definition) is 2. The largest absolute Gasteiger partial charge is 0.573 e. The Morgan fingerprint density at radius 1 is 1.41 bits per heavy atom. The number of Topliss-reactive ketones (excluding diaryl/α,β-unsaturated/α-hetero) is 1. The van der Waals surface area contributed by atoms with Gasteiger partial charge in [0.05, 0.1) is 9.13 Å². The van der Waals surface area contributed by atoms with Crippen LogP contribution in [0.3, 0.4) is 0 Å². The van der Waals surface area contributed by atoms with Crippen molar-refractivity contribution in [3.63, 3.8) is 0 Å². The fourth-order valence-corrected chi connectivity index (χ4v) is 2.14. The predicted octanol–water partition coefficient (Wildman–Crippen LogP) is 4.16. The molecule has 0 radical (unpaired) electrons. The molecule has 0 atom stereocenters. The van der Waals surface area contributed by atoms with Gasteiger partial charge in [0.25, 0.3) is 0 Å². The molecule has 1 aromatic carbocycles. The molecule has 0 saturated carbocycles. The number of alkyl halides is 4. The normalized spacial score (nSPS) is 11.4. The molecule has 0 bridgehead atoms. The molecule has 0 spiro atoms. The van der Waals surface area contributed by atoms with E-state index >= 15 is 0 Å². The molecule has 1 aromatic rings. The summed E-state index contributed by atoms with van der Waals surface area (Å²) in [6.07, 6.45) is -4.68. The zero-order valence-electron chi connectivity index (χ0n) is 8.35. The minimum absolute atomic E-state index is 0.0475. The molecule has 7 heteroatoms. The van der Waals surface area contributed by atoms with Crippen molar-refractivity contribution >= 4 is 44.3 Å². The highest BCUT2D eigenvalue weighted by Crippen LogP contribution is 2.31. The first-order valence-corrected chi connectivity index (χ1v) is 6.68. The van der Waals surface area contributed by atoms with Crippen LogP contribution < -0.4 is 4.74 Å². The molecule has 0 N–H and O–H groups in total. The van der Waals surface area contributed by atoms with Gasteiger partial charge in [-0.3, -0.25) is 4.79 Å². The van der Waals surface area contributed by atoms with E-state index in [1.807, 2.05) is 0 Å². The standard InChI is InChI=1S/C10H7BrF3IO2/c11-5-4-8(16)6-2-1-3-7(15)9(6)17-10(12,13)14/h1-3H,4-5H2. The monoisotopic (exact) mass is 422 g/mol. The molecule has 0 aliphatic carbocycles. The predicted molar refractivity (Wildman–Crippen MR) is 68.6 cm³/mol. The summed E-state index contributed by atoms with van der Waals surface area (Å²) in [6, 6.07) is 4.30. The lowest BCUT2D eigenvalue weighted by Crippen LogP contribution is -2.20. The summed E-state index contributed by atoms with van der Waals surface area (Å²) in [7, 11) is 0. The second-order valence-electron chi connectivity index (χ2n) is 3.03. The van der Waals surface area contributed by atoms with Gasteiger partial charge in [-0.2, -0.15) is 0 Å². The van der Waals surface area contributed by atoms with Crippen LogP contribution in [-0.2, 0) is 0 Å². The first kappa shape index (κ1) is 14.7. The lowest BCUT2D eigenvalue weighted by Gasteiger charge is -2.13. The van der Waals surface area contributed by atoms with Crippen LogP contribution in [0, 0.1) is 3.57 Å². The van der Waals surface area contributed by atoms with Crippen molar-refractivity contribution in [1.29, 1.82) is 0 Å². The number of rotatable bonds is 4. The van der Waals surface area contributed by atoms with E-state index in [1.54, 1.807) is 22.6 Å². The highest BCUT2D eigenvalue weighted by Gasteiger charge is 2.33. The summed E-state index contributed by atoms with van der Waals surface area (Å²) < 4.78 is 40.8. The Balaban J connectivity index is 3.13. The third kappa shape index (κ3) is 4.46. The Morgan fingerprint density at radius 3 is 2.59 bits per heavy atom. The van der Waals surface area contributed by atoms with Crippen molar-refractivity contribution in [1.82, 2.24) is 0 Å². The molecule has 0 fully saturated rings. The average Bonchev–Trinajstić information content (AvgIpc) is 2.19. The average molecular weight is 423 g/mol. The number of carbonyl (C=O) groups is 1. The van der Waals surface area contributed by atoms with Crippen molar-refractivity contribution in [3.8, 4) is 5.75 Å². The van der Waals surface area contributed by atoms with Crippen LogP contribution >= 0.6 is 38.5 Å². The minimum atomic E-state index is -4.80. The lowest BCUT2D eigenvalue weighted by molar-refractivity contribution is -0.275. The van der Waals surface area contributed by atoms with Gasteiger partial charge in [-0.25, -0.2) is 0 Å². The van der Waals surface area contributed by atoms with Gasteiger partial charge in [0, 0.05) is 11.8 Å². The van der Waals surface area contributed by atoms with Crippen LogP contribution in [0.25, 0.3) is 0 Å². The first-order valence-electron chi connectivity index (χ1n) is 4.48. The molecule has 2 nitrogen and oxygen atoms in total. The summed E-state index contributed by atoms with van der Waals surface area (Å²) in [5, 5.41) is 0.392. The fraction of sp³-hybridized carbons (Fsp3) is 0.300. The molecule has 0 saturated heterocycles. The van der Waals surface area contributed by atoms with Gasteiger partial charge in [0.15, 0.2) is 11.5 Å². The van der Waals surface area contributed by atoms with Gasteiger partial charge in [-0.1, -0.05) is 22.0 Å². The Labute approximate surface area is 118 Å². The number of benzene rings is 1. The number of para-hydroxylation sites is 1. The van der Waals surface area contributed by atoms with Gasteiger partial charge in [-0.15, -0.1) is 13.2 Å². The minimum Gasteiger partial charge on any atom is -0.404 e. The Bertz CT molecular complexity index is 421. The highest BCUT2D eigenvalue weighted by molar-refractivity contribution is 14.1. The molecular weight excluding hydrogens is 416 g/mol. The van der Waals surface area contributed by atoms with Crippen molar-refractivity contribution in [3.05, 3.63) is 27.3 Å². The molecular formula is C10H7BrF3IO2. The van der Waals surface area contributed by atoms with E-state index in [0.717, 1.165) is 0 Å². The molecule has 0 aliphatic heterocycles. The summed E-state index contributed by atoms with van der Waals surface area (Å²) in [4.78, 5) is 11.6. The van der Waals surface area contributed by atoms with Crippen molar-refractivity contribution in [2.24, 2.45) is 0 Å². The van der Waals surface area contributed by atoms with E-state index in [0.29, 0.717) is 5.33 Å². The van der Waals surface area contributed by atoms with Gasteiger partial charge >= 0.3 is 6.36 Å². The van der Waals surface area contributed by atoms with Crippen LogP contribution in [0.4, 0.5) is 13.2 Å². The van der Waals surface area contributed by atoms with Crippen LogP contribution in [-0.4, -0.2) is 17.5 Å². The highest BCUT2D eigenvalue weighted by atomic mass is 127. The summed E-state index contributed by atoms with van der Waals surface area (Å²) in [6.45, 7) is 0. The Kier molecular flexibility index (Phi) is 5.23. The molecule has 0 heterocycles. The lowest BCUT2D eigenvalue weighted by atomic mass is 10.1. The number of ketones is 1. The zero-order valence-corrected chi connectivity index (χ0v) is 12.1. The van der Waals surface area contributed by atoms with Crippen LogP contribution in [0.2, 0.25) is 0 Å². The zero-order chi connectivity index (χ0) is 13.1. The number of halogens is 5. The van der Waals surface area contributed by atoms with E-state index in [4.69, 9.17) is 0 Å². The third-order valence-electron chi connectivity index (χ3n) is 1.81. The topological polar surface area (TPSA) is 26.3 Å². The molecule has 0 unspecified atom stereocenters. The quantitative estimate of drug-likeness (QED) is 0.414. The van der Waals surface area contributed by atoms with Gasteiger partial charge in [0.2, 0.25) is 0 Å². The summed E-state index contributed by atoms with van der Waals surface area (Å²) >= 11 is 4.76. The molecule has 1 rings (SSSR count). The summed E-state index contributed by atoms with van der Waals surface area (Å²) in [5.74, 6) is -0.814. The maximum atomic E-state index is 12.2. The van der Waals surface area contributed by atoms with Crippen molar-refractivity contribution in [2.45, 2.75) is 12.8 Å². The van der Waals surface area contributed by atoms with Gasteiger partial charge in [-0.05, 0) is 34.7 Å². The molecule has 0 amide bonds. The van der Waals surface area contributed by atoms with Crippen LogP contribution in [0.5, 0.6) is 5.75 Å². The maximum Gasteiger partial charge on any atom is 0.573 e. The smallest absolute Gasteiger partial charge is 0.404 e. The number of hydrogen-bond donors (Lipinski definition) is 0. The second-order valence-corrected chi connectivity index (χ2v) is 4.98. The van der Waals surface area contributed by atoms with E-state index in [2.05, 4.69) is 20.7 Å². The van der Waals surface area contributed by atoms with Gasteiger partial charge < -0.3 is 4.74 Å². The molecule has 0 aliphatic rings. The second kappa shape index (κ2) is 6.03. The van der Waals surface area contributed by atoms with Gasteiger partial charge in [0.1, 0.15) is 0 Å². The van der Waals surface area contributed by atoms with E-state index < -0.39 is 12.1 Å². The van der Waals surface area contributed by atoms with E-state index in [1.165, 1.54) is 18.2 Å². The molecule has 94 valence electrons. The Morgan fingerprint density at radius 2 is 2.06 bits per heavy atom.